The van der Waals surface area contributed by atoms with E-state index in [1.54, 1.807) is 0 Å². The van der Waals surface area contributed by atoms with E-state index in [4.69, 9.17) is 9.84 Å². The van der Waals surface area contributed by atoms with Crippen LogP contribution < -0.4 is 0 Å². The minimum absolute atomic E-state index is 0.218. The summed E-state index contributed by atoms with van der Waals surface area (Å²) in [5, 5.41) is 8.48. The van der Waals surface area contributed by atoms with E-state index >= 15 is 0 Å². The Balaban J connectivity index is 3.06. The molecule has 0 fully saturated rings. The van der Waals surface area contributed by atoms with Gasteiger partial charge in [0.15, 0.2) is 0 Å². The Morgan fingerprint density at radius 1 is 1.31 bits per heavy atom. The summed E-state index contributed by atoms with van der Waals surface area (Å²) in [7, 11) is 0. The van der Waals surface area contributed by atoms with E-state index in [0.717, 1.165) is 25.7 Å². The van der Waals surface area contributed by atoms with Crippen LogP contribution in [-0.4, -0.2) is 24.3 Å². The largest absolute Gasteiger partial charge is 0.466 e. The average Bonchev–Trinajstić information content (AvgIpc) is 2.09. The van der Waals surface area contributed by atoms with Gasteiger partial charge in [-0.25, -0.2) is 0 Å². The number of allylic oxidation sites excluding steroid dienone is 2. The molecule has 0 radical (unpaired) electrons. The lowest BCUT2D eigenvalue weighted by Gasteiger charge is -1.97. The van der Waals surface area contributed by atoms with E-state index in [1.165, 1.54) is 6.92 Å². The number of unbranched alkanes of at least 4 members (excludes halogenated alkanes) is 2. The zero-order valence-electron chi connectivity index (χ0n) is 8.16. The van der Waals surface area contributed by atoms with Crippen molar-refractivity contribution >= 4 is 5.97 Å². The Morgan fingerprint density at radius 2 is 1.92 bits per heavy atom. The first-order chi connectivity index (χ1) is 6.27. The Kier molecular flexibility index (Phi) is 8.67. The number of aliphatic hydroxyl groups is 1. The Morgan fingerprint density at radius 3 is 2.46 bits per heavy atom. The van der Waals surface area contributed by atoms with Crippen LogP contribution in [0, 0.1) is 0 Å². The van der Waals surface area contributed by atoms with E-state index in [0.29, 0.717) is 6.61 Å². The van der Waals surface area contributed by atoms with E-state index in [1.807, 2.05) is 6.08 Å². The first-order valence-electron chi connectivity index (χ1n) is 4.66. The fourth-order valence-corrected chi connectivity index (χ4v) is 0.862. The molecule has 0 saturated carbocycles. The minimum Gasteiger partial charge on any atom is -0.466 e. The van der Waals surface area contributed by atoms with E-state index < -0.39 is 0 Å². The van der Waals surface area contributed by atoms with Crippen molar-refractivity contribution in [3.8, 4) is 0 Å². The molecule has 0 aliphatic heterocycles. The minimum atomic E-state index is -0.218. The Bertz CT molecular complexity index is 152. The molecule has 13 heavy (non-hydrogen) atoms. The maximum atomic E-state index is 10.3. The summed E-state index contributed by atoms with van der Waals surface area (Å²) in [5.41, 5.74) is 0. The molecule has 0 aromatic rings. The van der Waals surface area contributed by atoms with E-state index in [9.17, 15) is 4.79 Å². The lowest BCUT2D eigenvalue weighted by molar-refractivity contribution is -0.141. The molecule has 0 amide bonds. The lowest BCUT2D eigenvalue weighted by atomic mass is 10.2. The first-order valence-corrected chi connectivity index (χ1v) is 4.66. The number of esters is 1. The molecule has 0 aliphatic rings. The van der Waals surface area contributed by atoms with Crippen LogP contribution in [0.15, 0.2) is 12.2 Å². The molecule has 0 spiro atoms. The monoisotopic (exact) mass is 186 g/mol. The van der Waals surface area contributed by atoms with Gasteiger partial charge in [0.25, 0.3) is 0 Å². The van der Waals surface area contributed by atoms with Crippen LogP contribution in [-0.2, 0) is 9.53 Å². The molecule has 0 atom stereocenters. The number of rotatable bonds is 7. The molecule has 0 saturated heterocycles. The SMILES string of the molecule is CC(=O)OCCC/C=C/CCCO. The summed E-state index contributed by atoms with van der Waals surface area (Å²) in [6.07, 6.45) is 7.64. The number of aliphatic hydroxyl groups excluding tert-OH is 1. The molecule has 0 rings (SSSR count). The van der Waals surface area contributed by atoms with E-state index in [2.05, 4.69) is 6.08 Å². The van der Waals surface area contributed by atoms with Crippen molar-refractivity contribution in [3.05, 3.63) is 12.2 Å². The van der Waals surface area contributed by atoms with Gasteiger partial charge in [0.05, 0.1) is 6.61 Å². The van der Waals surface area contributed by atoms with Gasteiger partial charge < -0.3 is 9.84 Å². The van der Waals surface area contributed by atoms with Crippen molar-refractivity contribution in [2.24, 2.45) is 0 Å². The molecular weight excluding hydrogens is 168 g/mol. The third kappa shape index (κ3) is 11.2. The fraction of sp³-hybridized carbons (Fsp3) is 0.700. The first kappa shape index (κ1) is 12.2. The van der Waals surface area contributed by atoms with Gasteiger partial charge in [-0.05, 0) is 25.7 Å². The van der Waals surface area contributed by atoms with Crippen molar-refractivity contribution < 1.29 is 14.6 Å². The van der Waals surface area contributed by atoms with Crippen LogP contribution in [0.25, 0.3) is 0 Å². The second-order valence-corrected chi connectivity index (χ2v) is 2.82. The predicted octanol–water partition coefficient (Wildman–Crippen LogP) is 1.66. The van der Waals surface area contributed by atoms with Crippen molar-refractivity contribution in [2.75, 3.05) is 13.2 Å². The number of carbonyl (C=O) groups is 1. The quantitative estimate of drug-likeness (QED) is 0.373. The van der Waals surface area contributed by atoms with Crippen molar-refractivity contribution in [3.63, 3.8) is 0 Å². The smallest absolute Gasteiger partial charge is 0.302 e. The number of hydrogen-bond donors (Lipinski definition) is 1. The maximum Gasteiger partial charge on any atom is 0.302 e. The highest BCUT2D eigenvalue weighted by Gasteiger charge is 1.89. The zero-order valence-corrected chi connectivity index (χ0v) is 8.16. The number of ether oxygens (including phenoxy) is 1. The molecule has 76 valence electrons. The van der Waals surface area contributed by atoms with Gasteiger partial charge in [-0.1, -0.05) is 12.2 Å². The predicted molar refractivity (Wildman–Crippen MR) is 51.3 cm³/mol. The molecule has 3 nitrogen and oxygen atoms in total. The Hall–Kier alpha value is -0.830. The van der Waals surface area contributed by atoms with Crippen LogP contribution in [0.5, 0.6) is 0 Å². The van der Waals surface area contributed by atoms with Gasteiger partial charge in [-0.2, -0.15) is 0 Å². The summed E-state index contributed by atoms with van der Waals surface area (Å²) in [6.45, 7) is 2.16. The summed E-state index contributed by atoms with van der Waals surface area (Å²) in [4.78, 5) is 10.3. The van der Waals surface area contributed by atoms with Gasteiger partial charge in [-0.15, -0.1) is 0 Å². The molecule has 0 bridgehead atoms. The lowest BCUT2D eigenvalue weighted by Crippen LogP contribution is -1.99. The molecule has 1 N–H and O–H groups in total. The highest BCUT2D eigenvalue weighted by atomic mass is 16.5. The zero-order chi connectivity index (χ0) is 9.94. The molecule has 0 aromatic heterocycles. The Labute approximate surface area is 79.4 Å². The standard InChI is InChI=1S/C10H18O3/c1-10(12)13-9-7-5-3-2-4-6-8-11/h2-3,11H,4-9H2,1H3/b3-2+. The normalized spacial score (nSPS) is 10.6. The second kappa shape index (κ2) is 9.26. The van der Waals surface area contributed by atoms with Crippen LogP contribution in [0.4, 0.5) is 0 Å². The average molecular weight is 186 g/mol. The highest BCUT2D eigenvalue weighted by Crippen LogP contribution is 1.95. The third-order valence-electron chi connectivity index (χ3n) is 1.52. The van der Waals surface area contributed by atoms with Crippen molar-refractivity contribution in [2.45, 2.75) is 32.6 Å². The molecular formula is C10H18O3. The molecule has 0 unspecified atom stereocenters. The topological polar surface area (TPSA) is 46.5 Å². The second-order valence-electron chi connectivity index (χ2n) is 2.82. The highest BCUT2D eigenvalue weighted by molar-refractivity contribution is 5.65. The van der Waals surface area contributed by atoms with Crippen molar-refractivity contribution in [1.29, 1.82) is 0 Å². The van der Waals surface area contributed by atoms with Crippen LogP contribution in [0.2, 0.25) is 0 Å². The summed E-state index contributed by atoms with van der Waals surface area (Å²) >= 11 is 0. The van der Waals surface area contributed by atoms with Crippen LogP contribution in [0.1, 0.15) is 32.6 Å². The van der Waals surface area contributed by atoms with Gasteiger partial charge in [0, 0.05) is 13.5 Å². The van der Waals surface area contributed by atoms with Gasteiger partial charge in [0.1, 0.15) is 0 Å². The molecule has 0 aromatic carbocycles. The van der Waals surface area contributed by atoms with Crippen molar-refractivity contribution in [1.82, 2.24) is 0 Å². The van der Waals surface area contributed by atoms with Gasteiger partial charge >= 0.3 is 5.97 Å². The van der Waals surface area contributed by atoms with E-state index in [-0.39, 0.29) is 12.6 Å². The number of hydrogen-bond acceptors (Lipinski definition) is 3. The van der Waals surface area contributed by atoms with Crippen LogP contribution >= 0.6 is 0 Å². The molecule has 3 heteroatoms. The molecule has 0 heterocycles. The van der Waals surface area contributed by atoms with Gasteiger partial charge in [-0.3, -0.25) is 4.79 Å². The van der Waals surface area contributed by atoms with Crippen LogP contribution in [0.3, 0.4) is 0 Å². The fourth-order valence-electron chi connectivity index (χ4n) is 0.862. The number of carbonyl (C=O) groups excluding carboxylic acids is 1. The van der Waals surface area contributed by atoms with Gasteiger partial charge in [0.2, 0.25) is 0 Å². The summed E-state index contributed by atoms with van der Waals surface area (Å²) in [6, 6.07) is 0. The summed E-state index contributed by atoms with van der Waals surface area (Å²) in [5.74, 6) is -0.218. The summed E-state index contributed by atoms with van der Waals surface area (Å²) < 4.78 is 4.76. The third-order valence-corrected chi connectivity index (χ3v) is 1.52. The maximum absolute atomic E-state index is 10.3. The molecule has 0 aliphatic carbocycles.